The van der Waals surface area contributed by atoms with Gasteiger partial charge in [-0.1, -0.05) is 24.3 Å². The molecule has 0 aliphatic carbocycles. The van der Waals surface area contributed by atoms with Gasteiger partial charge in [0.1, 0.15) is 5.00 Å². The zero-order chi connectivity index (χ0) is 22.0. The number of aromatic nitrogens is 2. The molecule has 0 bridgehead atoms. The topological polar surface area (TPSA) is 54.9 Å². The van der Waals surface area contributed by atoms with Gasteiger partial charge in [0.15, 0.2) is 0 Å². The lowest BCUT2D eigenvalue weighted by atomic mass is 10.1. The van der Waals surface area contributed by atoms with E-state index in [2.05, 4.69) is 15.3 Å². The number of alkyl halides is 3. The molecule has 4 aromatic rings. The molecule has 31 heavy (non-hydrogen) atoms. The fraction of sp³-hybridized carbons (Fsp3) is 0.136. The van der Waals surface area contributed by atoms with Gasteiger partial charge in [0.2, 0.25) is 0 Å². The maximum Gasteiger partial charge on any atom is 0.416 e. The molecule has 3 aromatic heterocycles. The number of amides is 1. The Kier molecular flexibility index (Phi) is 5.88. The fourth-order valence-corrected chi connectivity index (χ4v) is 4.70. The molecule has 4 nitrogen and oxygen atoms in total. The summed E-state index contributed by atoms with van der Waals surface area (Å²) >= 11 is 2.81. The van der Waals surface area contributed by atoms with Gasteiger partial charge in [-0.15, -0.1) is 22.7 Å². The molecule has 158 valence electrons. The van der Waals surface area contributed by atoms with Crippen molar-refractivity contribution in [3.05, 3.63) is 87.6 Å². The lowest BCUT2D eigenvalue weighted by Crippen LogP contribution is -2.12. The van der Waals surface area contributed by atoms with Crippen LogP contribution in [0.3, 0.4) is 0 Å². The number of hydrogen-bond acceptors (Lipinski definition) is 5. The summed E-state index contributed by atoms with van der Waals surface area (Å²) in [6, 6.07) is 10.8. The van der Waals surface area contributed by atoms with Crippen LogP contribution in [0.5, 0.6) is 0 Å². The highest BCUT2D eigenvalue weighted by atomic mass is 32.1. The molecule has 4 rings (SSSR count). The molecule has 3 heterocycles. The van der Waals surface area contributed by atoms with Crippen LogP contribution in [0.15, 0.2) is 60.2 Å². The molecule has 0 unspecified atom stereocenters. The first-order valence-corrected chi connectivity index (χ1v) is 10.9. The number of benzene rings is 1. The van der Waals surface area contributed by atoms with E-state index in [1.165, 1.54) is 23.6 Å². The number of aryl methyl sites for hydroxylation is 1. The van der Waals surface area contributed by atoms with Crippen molar-refractivity contribution in [2.45, 2.75) is 19.5 Å². The Labute approximate surface area is 184 Å². The van der Waals surface area contributed by atoms with Gasteiger partial charge in [0.05, 0.1) is 21.8 Å². The van der Waals surface area contributed by atoms with Crippen molar-refractivity contribution in [1.29, 1.82) is 0 Å². The van der Waals surface area contributed by atoms with E-state index in [1.54, 1.807) is 36.6 Å². The number of nitrogens with one attached hydrogen (secondary N) is 1. The van der Waals surface area contributed by atoms with Crippen molar-refractivity contribution in [2.24, 2.45) is 0 Å². The molecule has 9 heteroatoms. The number of thiazole rings is 1. The van der Waals surface area contributed by atoms with E-state index in [9.17, 15) is 18.0 Å². The van der Waals surface area contributed by atoms with Gasteiger partial charge in [-0.25, -0.2) is 4.98 Å². The minimum Gasteiger partial charge on any atom is -0.312 e. The lowest BCUT2D eigenvalue weighted by Gasteiger charge is -2.07. The van der Waals surface area contributed by atoms with Crippen molar-refractivity contribution in [2.75, 3.05) is 5.32 Å². The van der Waals surface area contributed by atoms with E-state index in [0.717, 1.165) is 22.6 Å². The van der Waals surface area contributed by atoms with Gasteiger partial charge < -0.3 is 5.32 Å². The first-order chi connectivity index (χ1) is 14.8. The number of halogens is 3. The zero-order valence-electron chi connectivity index (χ0n) is 16.2. The molecule has 1 N–H and O–H groups in total. The first kappa shape index (κ1) is 21.2. The number of rotatable bonds is 5. The summed E-state index contributed by atoms with van der Waals surface area (Å²) < 4.78 is 38.8. The van der Waals surface area contributed by atoms with Crippen molar-refractivity contribution in [3.63, 3.8) is 0 Å². The number of carbonyl (C=O) groups excluding carboxylic acids is 1. The van der Waals surface area contributed by atoms with Gasteiger partial charge >= 0.3 is 6.18 Å². The minimum atomic E-state index is -4.39. The molecule has 0 fully saturated rings. The van der Waals surface area contributed by atoms with Crippen molar-refractivity contribution in [1.82, 2.24) is 9.97 Å². The molecular weight excluding hydrogens is 443 g/mol. The summed E-state index contributed by atoms with van der Waals surface area (Å²) in [6.07, 6.45) is -0.944. The summed E-state index contributed by atoms with van der Waals surface area (Å²) in [7, 11) is 0. The van der Waals surface area contributed by atoms with E-state index in [0.29, 0.717) is 26.8 Å². The lowest BCUT2D eigenvalue weighted by molar-refractivity contribution is -0.137. The average molecular weight is 460 g/mol. The maximum absolute atomic E-state index is 12.9. The Bertz CT molecular complexity index is 1220. The second kappa shape index (κ2) is 8.60. The minimum absolute atomic E-state index is 0.251. The molecule has 0 aliphatic rings. The number of thiophene rings is 1. The standard InChI is InChI=1S/C22H16F3N3OS2/c1-13-21(28-20(29)16-10-15(11-26-12-16)18-6-3-7-30-18)31-19(27-13)9-14-4-2-5-17(8-14)22(23,24)25/h2-8,10-12H,9H2,1H3,(H,28,29). The second-order valence-corrected chi connectivity index (χ2v) is 8.82. The average Bonchev–Trinajstić information content (AvgIpc) is 3.38. The molecule has 0 atom stereocenters. The first-order valence-electron chi connectivity index (χ1n) is 9.22. The normalized spacial score (nSPS) is 11.5. The number of nitrogens with zero attached hydrogens (tertiary/aromatic N) is 2. The van der Waals surface area contributed by atoms with E-state index in [4.69, 9.17) is 0 Å². The molecule has 1 aromatic carbocycles. The van der Waals surface area contributed by atoms with E-state index in [1.807, 2.05) is 17.5 Å². The van der Waals surface area contributed by atoms with Gasteiger partial charge in [-0.3, -0.25) is 9.78 Å². The Morgan fingerprint density at radius 3 is 2.71 bits per heavy atom. The summed E-state index contributed by atoms with van der Waals surface area (Å²) in [4.78, 5) is 22.3. The Hall–Kier alpha value is -3.04. The largest absolute Gasteiger partial charge is 0.416 e. The fourth-order valence-electron chi connectivity index (χ4n) is 2.99. The highest BCUT2D eigenvalue weighted by Crippen LogP contribution is 2.31. The summed E-state index contributed by atoms with van der Waals surface area (Å²) in [5, 5.41) is 5.98. The third-order valence-electron chi connectivity index (χ3n) is 4.48. The zero-order valence-corrected chi connectivity index (χ0v) is 17.9. The van der Waals surface area contributed by atoms with Crippen LogP contribution in [0.25, 0.3) is 10.4 Å². The summed E-state index contributed by atoms with van der Waals surface area (Å²) in [6.45, 7) is 1.75. The van der Waals surface area contributed by atoms with Gasteiger partial charge in [-0.05, 0) is 36.1 Å². The van der Waals surface area contributed by atoms with Crippen LogP contribution in [0.1, 0.15) is 32.2 Å². The molecule has 0 aliphatic heterocycles. The Morgan fingerprint density at radius 2 is 1.97 bits per heavy atom. The number of hydrogen-bond donors (Lipinski definition) is 1. The SMILES string of the molecule is Cc1nc(Cc2cccc(C(F)(F)F)c2)sc1NC(=O)c1cncc(-c2cccs2)c1. The monoisotopic (exact) mass is 459 g/mol. The second-order valence-electron chi connectivity index (χ2n) is 6.79. The highest BCUT2D eigenvalue weighted by Gasteiger charge is 2.30. The molecule has 1 amide bonds. The van der Waals surface area contributed by atoms with Crippen LogP contribution in [0.2, 0.25) is 0 Å². The van der Waals surface area contributed by atoms with Crippen molar-refractivity contribution >= 4 is 33.6 Å². The smallest absolute Gasteiger partial charge is 0.312 e. The Balaban J connectivity index is 1.50. The van der Waals surface area contributed by atoms with Crippen molar-refractivity contribution < 1.29 is 18.0 Å². The third-order valence-corrected chi connectivity index (χ3v) is 6.48. The van der Waals surface area contributed by atoms with Crippen LogP contribution in [-0.2, 0) is 12.6 Å². The molecular formula is C22H16F3N3OS2. The highest BCUT2D eigenvalue weighted by molar-refractivity contribution is 7.16. The van der Waals surface area contributed by atoms with Gasteiger partial charge in [0.25, 0.3) is 5.91 Å². The van der Waals surface area contributed by atoms with Crippen LogP contribution in [0.4, 0.5) is 18.2 Å². The molecule has 0 spiro atoms. The van der Waals surface area contributed by atoms with Gasteiger partial charge in [-0.2, -0.15) is 13.2 Å². The van der Waals surface area contributed by atoms with E-state index < -0.39 is 11.7 Å². The molecule has 0 saturated carbocycles. The van der Waals surface area contributed by atoms with E-state index in [-0.39, 0.29) is 12.3 Å². The van der Waals surface area contributed by atoms with Crippen molar-refractivity contribution in [3.8, 4) is 10.4 Å². The number of carbonyl (C=O) groups is 1. The summed E-state index contributed by atoms with van der Waals surface area (Å²) in [5.41, 5.74) is 1.70. The van der Waals surface area contributed by atoms with Crippen LogP contribution < -0.4 is 5.32 Å². The number of pyridine rings is 1. The Morgan fingerprint density at radius 1 is 1.13 bits per heavy atom. The predicted octanol–water partition coefficient (Wildman–Crippen LogP) is 6.44. The van der Waals surface area contributed by atoms with Crippen LogP contribution in [-0.4, -0.2) is 15.9 Å². The predicted molar refractivity (Wildman–Crippen MR) is 117 cm³/mol. The third kappa shape index (κ3) is 5.00. The molecule has 0 radical (unpaired) electrons. The number of anilines is 1. The van der Waals surface area contributed by atoms with Gasteiger partial charge in [0, 0.05) is 29.3 Å². The quantitative estimate of drug-likeness (QED) is 0.374. The van der Waals surface area contributed by atoms with Crippen LogP contribution in [0, 0.1) is 6.92 Å². The maximum atomic E-state index is 12.9. The van der Waals surface area contributed by atoms with Crippen LogP contribution >= 0.6 is 22.7 Å². The van der Waals surface area contributed by atoms with E-state index >= 15 is 0 Å². The summed E-state index contributed by atoms with van der Waals surface area (Å²) in [5.74, 6) is -0.316. The molecule has 0 saturated heterocycles.